The molecule has 0 bridgehead atoms. The van der Waals surface area contributed by atoms with E-state index in [1.165, 1.54) is 25.7 Å². The third-order valence-electron chi connectivity index (χ3n) is 3.38. The highest BCUT2D eigenvalue weighted by molar-refractivity contribution is 5.21. The van der Waals surface area contributed by atoms with Gasteiger partial charge in [-0.15, -0.1) is 0 Å². The van der Waals surface area contributed by atoms with Crippen LogP contribution in [0.15, 0.2) is 18.3 Å². The molecule has 2 N–H and O–H groups in total. The highest BCUT2D eigenvalue weighted by atomic mass is 16.5. The highest BCUT2D eigenvalue weighted by Crippen LogP contribution is 2.17. The summed E-state index contributed by atoms with van der Waals surface area (Å²) < 4.78 is 5.86. The van der Waals surface area contributed by atoms with Gasteiger partial charge < -0.3 is 10.5 Å². The average molecular weight is 264 g/mol. The van der Waals surface area contributed by atoms with Crippen LogP contribution in [0, 0.1) is 0 Å². The normalized spacial score (nSPS) is 14.1. The topological polar surface area (TPSA) is 48.1 Å². The number of hydrogen-bond acceptors (Lipinski definition) is 3. The predicted molar refractivity (Wildman–Crippen MR) is 80.3 cm³/mol. The summed E-state index contributed by atoms with van der Waals surface area (Å²) in [5.74, 6) is 0.843. The van der Waals surface area contributed by atoms with Crippen molar-refractivity contribution in [2.24, 2.45) is 5.73 Å². The van der Waals surface area contributed by atoms with E-state index in [1.54, 1.807) is 6.20 Å². The van der Waals surface area contributed by atoms with E-state index >= 15 is 0 Å². The van der Waals surface area contributed by atoms with Gasteiger partial charge in [-0.3, -0.25) is 4.98 Å². The Kier molecular flexibility index (Phi) is 7.49. The van der Waals surface area contributed by atoms with E-state index in [1.807, 2.05) is 12.1 Å². The summed E-state index contributed by atoms with van der Waals surface area (Å²) in [6.07, 6.45) is 9.18. The maximum absolute atomic E-state index is 5.94. The summed E-state index contributed by atoms with van der Waals surface area (Å²) >= 11 is 0. The molecule has 0 radical (unpaired) electrons. The summed E-state index contributed by atoms with van der Waals surface area (Å²) in [5.41, 5.74) is 6.87. The summed E-state index contributed by atoms with van der Waals surface area (Å²) in [6, 6.07) is 3.97. The number of ether oxygens (including phenoxy) is 1. The lowest BCUT2D eigenvalue weighted by molar-refractivity contribution is 0.205. The SMILES string of the molecule is CCCCCCC(C)Oc1ccc(C(N)CC)nc1. The fourth-order valence-corrected chi connectivity index (χ4v) is 2.04. The van der Waals surface area contributed by atoms with Gasteiger partial charge >= 0.3 is 0 Å². The molecule has 0 spiro atoms. The standard InChI is InChI=1S/C16H28N2O/c1-4-6-7-8-9-13(3)19-14-10-11-16(18-12-14)15(17)5-2/h10-13,15H,4-9,17H2,1-3H3. The third-order valence-corrected chi connectivity index (χ3v) is 3.38. The second-order valence-corrected chi connectivity index (χ2v) is 5.21. The maximum Gasteiger partial charge on any atom is 0.138 e. The largest absolute Gasteiger partial charge is 0.489 e. The Labute approximate surface area is 117 Å². The Morgan fingerprint density at radius 3 is 2.58 bits per heavy atom. The van der Waals surface area contributed by atoms with Crippen LogP contribution in [0.5, 0.6) is 5.75 Å². The Morgan fingerprint density at radius 1 is 1.21 bits per heavy atom. The lowest BCUT2D eigenvalue weighted by atomic mass is 10.1. The molecule has 2 atom stereocenters. The van der Waals surface area contributed by atoms with E-state index in [0.717, 1.165) is 24.3 Å². The second kappa shape index (κ2) is 8.92. The summed E-state index contributed by atoms with van der Waals surface area (Å²) in [4.78, 5) is 4.36. The van der Waals surface area contributed by atoms with Crippen molar-refractivity contribution in [3.8, 4) is 5.75 Å². The first-order valence-corrected chi connectivity index (χ1v) is 7.55. The van der Waals surface area contributed by atoms with Crippen LogP contribution >= 0.6 is 0 Å². The molecule has 1 rings (SSSR count). The van der Waals surface area contributed by atoms with Gasteiger partial charge in [0.05, 0.1) is 18.0 Å². The molecule has 0 aliphatic heterocycles. The van der Waals surface area contributed by atoms with Crippen molar-refractivity contribution >= 4 is 0 Å². The first-order valence-electron chi connectivity index (χ1n) is 7.55. The number of aromatic nitrogens is 1. The number of pyridine rings is 1. The predicted octanol–water partition coefficient (Wildman–Crippen LogP) is 4.23. The molecule has 1 aromatic rings. The quantitative estimate of drug-likeness (QED) is 0.679. The molecule has 0 aliphatic carbocycles. The maximum atomic E-state index is 5.94. The first-order chi connectivity index (χ1) is 9.17. The second-order valence-electron chi connectivity index (χ2n) is 5.21. The fourth-order valence-electron chi connectivity index (χ4n) is 2.04. The highest BCUT2D eigenvalue weighted by Gasteiger charge is 2.07. The number of nitrogens with zero attached hydrogens (tertiary/aromatic N) is 1. The molecule has 3 nitrogen and oxygen atoms in total. The molecule has 1 aromatic heterocycles. The minimum atomic E-state index is 0.0283. The zero-order valence-corrected chi connectivity index (χ0v) is 12.6. The Balaban J connectivity index is 2.36. The monoisotopic (exact) mass is 264 g/mol. The minimum absolute atomic E-state index is 0.0283. The van der Waals surface area contributed by atoms with Crippen LogP contribution in [-0.2, 0) is 0 Å². The van der Waals surface area contributed by atoms with Gasteiger partial charge in [0.15, 0.2) is 0 Å². The zero-order chi connectivity index (χ0) is 14.1. The molecular formula is C16H28N2O. The molecule has 0 fully saturated rings. The van der Waals surface area contributed by atoms with E-state index in [2.05, 4.69) is 25.8 Å². The van der Waals surface area contributed by atoms with Crippen LogP contribution in [0.25, 0.3) is 0 Å². The molecule has 0 saturated carbocycles. The lowest BCUT2D eigenvalue weighted by Gasteiger charge is -2.15. The van der Waals surface area contributed by atoms with Crippen molar-refractivity contribution in [2.75, 3.05) is 0 Å². The molecule has 2 unspecified atom stereocenters. The number of hydrogen-bond donors (Lipinski definition) is 1. The Bertz CT molecular complexity index is 337. The van der Waals surface area contributed by atoms with Crippen molar-refractivity contribution in [3.05, 3.63) is 24.0 Å². The zero-order valence-electron chi connectivity index (χ0n) is 12.6. The third kappa shape index (κ3) is 6.06. The van der Waals surface area contributed by atoms with E-state index in [4.69, 9.17) is 10.5 Å². The summed E-state index contributed by atoms with van der Waals surface area (Å²) in [7, 11) is 0. The van der Waals surface area contributed by atoms with Gasteiger partial charge in [0.25, 0.3) is 0 Å². The van der Waals surface area contributed by atoms with E-state index in [0.29, 0.717) is 0 Å². The Hall–Kier alpha value is -1.09. The number of rotatable bonds is 9. The molecule has 0 saturated heterocycles. The molecular weight excluding hydrogens is 236 g/mol. The molecule has 3 heteroatoms. The van der Waals surface area contributed by atoms with Crippen LogP contribution in [0.4, 0.5) is 0 Å². The summed E-state index contributed by atoms with van der Waals surface area (Å²) in [6.45, 7) is 6.42. The lowest BCUT2D eigenvalue weighted by Crippen LogP contribution is -2.13. The van der Waals surface area contributed by atoms with E-state index in [-0.39, 0.29) is 12.1 Å². The van der Waals surface area contributed by atoms with Crippen LogP contribution < -0.4 is 10.5 Å². The average Bonchev–Trinajstić information content (AvgIpc) is 2.43. The van der Waals surface area contributed by atoms with Crippen LogP contribution in [0.3, 0.4) is 0 Å². The molecule has 108 valence electrons. The van der Waals surface area contributed by atoms with Crippen LogP contribution in [0.2, 0.25) is 0 Å². The van der Waals surface area contributed by atoms with Gasteiger partial charge in [0.1, 0.15) is 5.75 Å². The van der Waals surface area contributed by atoms with E-state index in [9.17, 15) is 0 Å². The molecule has 0 amide bonds. The van der Waals surface area contributed by atoms with Crippen molar-refractivity contribution < 1.29 is 4.74 Å². The van der Waals surface area contributed by atoms with Gasteiger partial charge in [-0.2, -0.15) is 0 Å². The smallest absolute Gasteiger partial charge is 0.138 e. The van der Waals surface area contributed by atoms with Crippen molar-refractivity contribution in [1.82, 2.24) is 4.98 Å². The van der Waals surface area contributed by atoms with Crippen molar-refractivity contribution in [2.45, 2.75) is 71.4 Å². The van der Waals surface area contributed by atoms with Crippen molar-refractivity contribution in [3.63, 3.8) is 0 Å². The summed E-state index contributed by atoms with van der Waals surface area (Å²) in [5, 5.41) is 0. The van der Waals surface area contributed by atoms with Gasteiger partial charge in [0.2, 0.25) is 0 Å². The van der Waals surface area contributed by atoms with Gasteiger partial charge in [-0.1, -0.05) is 33.1 Å². The number of nitrogens with two attached hydrogens (primary N) is 1. The van der Waals surface area contributed by atoms with Crippen LogP contribution in [-0.4, -0.2) is 11.1 Å². The minimum Gasteiger partial charge on any atom is -0.489 e. The van der Waals surface area contributed by atoms with Gasteiger partial charge in [-0.05, 0) is 38.3 Å². The molecule has 19 heavy (non-hydrogen) atoms. The van der Waals surface area contributed by atoms with Gasteiger partial charge in [0, 0.05) is 6.04 Å². The van der Waals surface area contributed by atoms with Crippen LogP contribution in [0.1, 0.15) is 71.0 Å². The first kappa shape index (κ1) is 16.0. The Morgan fingerprint density at radius 2 is 2.00 bits per heavy atom. The fraction of sp³-hybridized carbons (Fsp3) is 0.688. The molecule has 1 heterocycles. The van der Waals surface area contributed by atoms with Crippen molar-refractivity contribution in [1.29, 1.82) is 0 Å². The van der Waals surface area contributed by atoms with E-state index < -0.39 is 0 Å². The molecule has 0 aromatic carbocycles. The number of unbranched alkanes of at least 4 members (excludes halogenated alkanes) is 3. The molecule has 0 aliphatic rings. The van der Waals surface area contributed by atoms with Gasteiger partial charge in [-0.25, -0.2) is 0 Å².